The summed E-state index contributed by atoms with van der Waals surface area (Å²) in [5, 5.41) is 4.94. The van der Waals surface area contributed by atoms with E-state index in [2.05, 4.69) is 10.1 Å². The Balaban J connectivity index is 2.05. The van der Waals surface area contributed by atoms with Crippen molar-refractivity contribution < 1.29 is 4.39 Å². The van der Waals surface area contributed by atoms with Crippen LogP contribution in [-0.4, -0.2) is 19.3 Å². The van der Waals surface area contributed by atoms with Crippen LogP contribution in [0.3, 0.4) is 0 Å². The number of hydrogen-bond acceptors (Lipinski definition) is 3. The largest absolute Gasteiger partial charge is 0.294 e. The molecule has 1 aromatic carbocycles. The van der Waals surface area contributed by atoms with Gasteiger partial charge in [0.25, 0.3) is 5.56 Å². The first-order chi connectivity index (χ1) is 10.6. The fourth-order valence-corrected chi connectivity index (χ4v) is 2.52. The third kappa shape index (κ3) is 2.62. The molecule has 0 amide bonds. The molecule has 0 aliphatic rings. The molecule has 2 heterocycles. The molecule has 0 saturated heterocycles. The number of aryl methyl sites for hydroxylation is 1. The highest BCUT2D eigenvalue weighted by atomic mass is 35.5. The maximum atomic E-state index is 13.8. The van der Waals surface area contributed by atoms with Crippen molar-refractivity contribution in [3.63, 3.8) is 0 Å². The van der Waals surface area contributed by atoms with Gasteiger partial charge in [-0.3, -0.25) is 14.0 Å². The smallest absolute Gasteiger partial charge is 0.264 e. The lowest BCUT2D eigenvalue weighted by Crippen LogP contribution is -2.21. The van der Waals surface area contributed by atoms with Gasteiger partial charge in [-0.15, -0.1) is 0 Å². The summed E-state index contributed by atoms with van der Waals surface area (Å²) in [6.45, 7) is 2.78. The van der Waals surface area contributed by atoms with E-state index in [-0.39, 0.29) is 22.7 Å². The lowest BCUT2D eigenvalue weighted by atomic mass is 10.2. The molecule has 22 heavy (non-hydrogen) atoms. The summed E-state index contributed by atoms with van der Waals surface area (Å²) in [4.78, 5) is 16.6. The molecular formula is C15H14ClFN4O. The Kier molecular flexibility index (Phi) is 3.94. The zero-order chi connectivity index (χ0) is 15.7. The predicted molar refractivity (Wildman–Crippen MR) is 82.6 cm³/mol. The van der Waals surface area contributed by atoms with Gasteiger partial charge in [0.15, 0.2) is 5.65 Å². The Labute approximate surface area is 131 Å². The van der Waals surface area contributed by atoms with Gasteiger partial charge in [0.05, 0.1) is 6.54 Å². The highest BCUT2D eigenvalue weighted by molar-refractivity contribution is 6.31. The second-order valence-corrected chi connectivity index (χ2v) is 5.41. The zero-order valence-corrected chi connectivity index (χ0v) is 12.7. The number of hydrogen-bond donors (Lipinski definition) is 0. The first-order valence-electron chi connectivity index (χ1n) is 6.95. The van der Waals surface area contributed by atoms with Crippen LogP contribution < -0.4 is 5.56 Å². The molecule has 5 nitrogen and oxygen atoms in total. The molecule has 0 atom stereocenters. The predicted octanol–water partition coefficient (Wildman–Crippen LogP) is 2.84. The van der Waals surface area contributed by atoms with Crippen LogP contribution >= 0.6 is 11.6 Å². The summed E-state index contributed by atoms with van der Waals surface area (Å²) in [6, 6.07) is 4.44. The molecule has 114 valence electrons. The van der Waals surface area contributed by atoms with Crippen LogP contribution in [0.5, 0.6) is 0 Å². The van der Waals surface area contributed by atoms with Gasteiger partial charge >= 0.3 is 0 Å². The van der Waals surface area contributed by atoms with Gasteiger partial charge in [-0.1, -0.05) is 24.6 Å². The minimum absolute atomic E-state index is 0.0340. The van der Waals surface area contributed by atoms with E-state index < -0.39 is 5.82 Å². The molecule has 7 heteroatoms. The Morgan fingerprint density at radius 3 is 2.91 bits per heavy atom. The highest BCUT2D eigenvalue weighted by Gasteiger charge is 2.12. The first kappa shape index (κ1) is 14.7. The molecule has 0 bridgehead atoms. The highest BCUT2D eigenvalue weighted by Crippen LogP contribution is 2.19. The second-order valence-electron chi connectivity index (χ2n) is 5.01. The molecule has 0 N–H and O–H groups in total. The van der Waals surface area contributed by atoms with E-state index in [0.29, 0.717) is 11.0 Å². The molecule has 0 radical (unpaired) electrons. The molecule has 3 aromatic rings. The minimum atomic E-state index is -0.443. The number of aromatic nitrogens is 4. The number of fused-ring (bicyclic) bond motifs is 1. The van der Waals surface area contributed by atoms with Crippen molar-refractivity contribution in [1.29, 1.82) is 0 Å². The summed E-state index contributed by atoms with van der Waals surface area (Å²) < 4.78 is 16.9. The van der Waals surface area contributed by atoms with E-state index in [1.54, 1.807) is 16.9 Å². The number of nitrogens with zero attached hydrogens (tertiary/aromatic N) is 4. The van der Waals surface area contributed by atoms with Gasteiger partial charge in [0, 0.05) is 23.3 Å². The van der Waals surface area contributed by atoms with Crippen LogP contribution in [0.4, 0.5) is 4.39 Å². The van der Waals surface area contributed by atoms with E-state index in [1.807, 2.05) is 6.92 Å². The maximum absolute atomic E-state index is 13.8. The van der Waals surface area contributed by atoms with Crippen molar-refractivity contribution in [3.8, 4) is 0 Å². The average Bonchev–Trinajstić information content (AvgIpc) is 2.89. The van der Waals surface area contributed by atoms with Gasteiger partial charge in [-0.25, -0.2) is 9.37 Å². The van der Waals surface area contributed by atoms with Crippen LogP contribution in [0.1, 0.15) is 18.9 Å². The fraction of sp³-hybridized carbons (Fsp3) is 0.267. The summed E-state index contributed by atoms with van der Waals surface area (Å²) in [5.41, 5.74) is 0.411. The van der Waals surface area contributed by atoms with Crippen molar-refractivity contribution in [2.45, 2.75) is 26.4 Å². The molecule has 3 rings (SSSR count). The Morgan fingerprint density at radius 2 is 2.18 bits per heavy atom. The van der Waals surface area contributed by atoms with E-state index in [1.165, 1.54) is 23.0 Å². The van der Waals surface area contributed by atoms with Crippen molar-refractivity contribution >= 4 is 22.6 Å². The molecule has 0 aliphatic heterocycles. The van der Waals surface area contributed by atoms with E-state index >= 15 is 0 Å². The normalized spacial score (nSPS) is 11.2. The van der Waals surface area contributed by atoms with E-state index in [4.69, 9.17) is 11.6 Å². The molecule has 0 fully saturated rings. The van der Waals surface area contributed by atoms with Crippen molar-refractivity contribution in [2.24, 2.45) is 0 Å². The topological polar surface area (TPSA) is 52.7 Å². The fourth-order valence-electron chi connectivity index (χ4n) is 2.30. The Morgan fingerprint density at radius 1 is 1.36 bits per heavy atom. The average molecular weight is 321 g/mol. The molecule has 0 spiro atoms. The SMILES string of the molecule is CCCn1cc2c(=O)n(Cc3c(F)cccc3Cl)cnc2n1. The Hall–Kier alpha value is -2.21. The molecule has 0 unspecified atom stereocenters. The Bertz CT molecular complexity index is 867. The molecular weight excluding hydrogens is 307 g/mol. The second kappa shape index (κ2) is 5.88. The lowest BCUT2D eigenvalue weighted by molar-refractivity contribution is 0.595. The third-order valence-electron chi connectivity index (χ3n) is 3.40. The van der Waals surface area contributed by atoms with E-state index in [0.717, 1.165) is 13.0 Å². The van der Waals surface area contributed by atoms with Crippen LogP contribution in [0.15, 0.2) is 35.5 Å². The summed E-state index contributed by atoms with van der Waals surface area (Å²) in [6.07, 6.45) is 3.96. The quantitative estimate of drug-likeness (QED) is 0.742. The maximum Gasteiger partial charge on any atom is 0.264 e. The number of halogens is 2. The monoisotopic (exact) mass is 320 g/mol. The summed E-state index contributed by atoms with van der Waals surface area (Å²) >= 11 is 6.00. The number of benzene rings is 1. The van der Waals surface area contributed by atoms with Crippen LogP contribution in [-0.2, 0) is 13.1 Å². The van der Waals surface area contributed by atoms with Gasteiger partial charge in [-0.05, 0) is 18.6 Å². The van der Waals surface area contributed by atoms with Crippen LogP contribution in [0.25, 0.3) is 11.0 Å². The standard InChI is InChI=1S/C15H14ClFN4O/c1-2-6-21-8-11-14(19-21)18-9-20(15(11)22)7-10-12(16)4-3-5-13(10)17/h3-5,8-9H,2,6-7H2,1H3. The molecule has 0 aliphatic carbocycles. The van der Waals surface area contributed by atoms with Gasteiger partial charge < -0.3 is 0 Å². The summed E-state index contributed by atoms with van der Waals surface area (Å²) in [5.74, 6) is -0.443. The third-order valence-corrected chi connectivity index (χ3v) is 3.75. The number of rotatable bonds is 4. The van der Waals surface area contributed by atoms with Gasteiger partial charge in [0.1, 0.15) is 17.5 Å². The van der Waals surface area contributed by atoms with E-state index in [9.17, 15) is 9.18 Å². The van der Waals surface area contributed by atoms with Gasteiger partial charge in [-0.2, -0.15) is 5.10 Å². The first-order valence-corrected chi connectivity index (χ1v) is 7.33. The zero-order valence-electron chi connectivity index (χ0n) is 12.0. The van der Waals surface area contributed by atoms with Crippen LogP contribution in [0, 0.1) is 5.82 Å². The molecule has 0 saturated carbocycles. The van der Waals surface area contributed by atoms with Crippen molar-refractivity contribution in [3.05, 3.63) is 57.5 Å². The summed E-state index contributed by atoms with van der Waals surface area (Å²) in [7, 11) is 0. The lowest BCUT2D eigenvalue weighted by Gasteiger charge is -2.07. The van der Waals surface area contributed by atoms with Gasteiger partial charge in [0.2, 0.25) is 0 Å². The van der Waals surface area contributed by atoms with Crippen molar-refractivity contribution in [1.82, 2.24) is 19.3 Å². The van der Waals surface area contributed by atoms with Crippen LogP contribution in [0.2, 0.25) is 5.02 Å². The van der Waals surface area contributed by atoms with Crippen molar-refractivity contribution in [2.75, 3.05) is 0 Å². The molecule has 2 aromatic heterocycles. The minimum Gasteiger partial charge on any atom is -0.294 e.